The van der Waals surface area contributed by atoms with Crippen LogP contribution in [0.3, 0.4) is 0 Å². The molecule has 17 heavy (non-hydrogen) atoms. The Morgan fingerprint density at radius 3 is 2.59 bits per heavy atom. The van der Waals surface area contributed by atoms with E-state index in [2.05, 4.69) is 4.98 Å². The minimum absolute atomic E-state index is 0.246. The van der Waals surface area contributed by atoms with Crippen molar-refractivity contribution in [3.05, 3.63) is 42.2 Å². The van der Waals surface area contributed by atoms with E-state index in [4.69, 9.17) is 0 Å². The summed E-state index contributed by atoms with van der Waals surface area (Å²) in [6.45, 7) is 5.86. The molecule has 1 aromatic heterocycles. The molecule has 0 unspecified atom stereocenters. The van der Waals surface area contributed by atoms with Crippen molar-refractivity contribution < 1.29 is 4.79 Å². The van der Waals surface area contributed by atoms with Gasteiger partial charge in [0.15, 0.2) is 0 Å². The van der Waals surface area contributed by atoms with Gasteiger partial charge in [-0.25, -0.2) is 0 Å². The van der Waals surface area contributed by atoms with Crippen LogP contribution in [0.1, 0.15) is 26.3 Å². The van der Waals surface area contributed by atoms with Crippen LogP contribution in [-0.2, 0) is 11.2 Å². The van der Waals surface area contributed by atoms with Crippen molar-refractivity contribution in [1.82, 2.24) is 4.98 Å². The van der Waals surface area contributed by atoms with Gasteiger partial charge in [0.05, 0.1) is 0 Å². The maximum atomic E-state index is 12.0. The Labute approximate surface area is 102 Å². The second-order valence-electron chi connectivity index (χ2n) is 5.37. The highest BCUT2D eigenvalue weighted by Crippen LogP contribution is 2.22. The quantitative estimate of drug-likeness (QED) is 0.787. The van der Waals surface area contributed by atoms with Crippen molar-refractivity contribution in [2.45, 2.75) is 27.2 Å². The Kier molecular flexibility index (Phi) is 2.97. The zero-order valence-corrected chi connectivity index (χ0v) is 10.5. The molecule has 1 heterocycles. The third-order valence-electron chi connectivity index (χ3n) is 2.94. The Morgan fingerprint density at radius 1 is 1.18 bits per heavy atom. The number of benzene rings is 1. The summed E-state index contributed by atoms with van der Waals surface area (Å²) in [5.74, 6) is 0.246. The van der Waals surface area contributed by atoms with Crippen molar-refractivity contribution in [3.8, 4) is 0 Å². The van der Waals surface area contributed by atoms with Gasteiger partial charge < -0.3 is 0 Å². The third kappa shape index (κ3) is 2.52. The van der Waals surface area contributed by atoms with Gasteiger partial charge in [-0.1, -0.05) is 45.0 Å². The van der Waals surface area contributed by atoms with Gasteiger partial charge in [0.25, 0.3) is 0 Å². The van der Waals surface area contributed by atoms with Crippen LogP contribution in [0.25, 0.3) is 10.8 Å². The summed E-state index contributed by atoms with van der Waals surface area (Å²) in [6, 6.07) is 8.04. The van der Waals surface area contributed by atoms with Gasteiger partial charge >= 0.3 is 0 Å². The first-order valence-corrected chi connectivity index (χ1v) is 5.83. The zero-order chi connectivity index (χ0) is 12.5. The predicted molar refractivity (Wildman–Crippen MR) is 69.9 cm³/mol. The lowest BCUT2D eigenvalue weighted by atomic mass is 9.86. The number of ketones is 1. The highest BCUT2D eigenvalue weighted by Gasteiger charge is 2.21. The maximum absolute atomic E-state index is 12.0. The molecule has 88 valence electrons. The summed E-state index contributed by atoms with van der Waals surface area (Å²) in [5, 5.41) is 2.21. The number of fused-ring (bicyclic) bond motifs is 1. The van der Waals surface area contributed by atoms with Gasteiger partial charge in [-0.05, 0) is 10.9 Å². The number of nitrogens with zero attached hydrogens (tertiary/aromatic N) is 1. The molecule has 2 heteroatoms. The van der Waals surface area contributed by atoms with Crippen molar-refractivity contribution in [2.24, 2.45) is 5.41 Å². The van der Waals surface area contributed by atoms with E-state index in [9.17, 15) is 4.79 Å². The minimum atomic E-state index is -0.295. The molecule has 0 aliphatic heterocycles. The molecule has 0 atom stereocenters. The standard InChI is InChI=1S/C15H17NO/c1-15(2,3)14(17)8-12-10-16-9-11-6-4-5-7-13(11)12/h4-7,9-10H,8H2,1-3H3. The molecular weight excluding hydrogens is 210 g/mol. The normalized spacial score (nSPS) is 11.7. The number of carbonyl (C=O) groups excluding carboxylic acids is 1. The molecule has 0 bridgehead atoms. The lowest BCUT2D eigenvalue weighted by Gasteiger charge is -2.16. The van der Waals surface area contributed by atoms with E-state index in [1.807, 2.05) is 51.2 Å². The highest BCUT2D eigenvalue weighted by atomic mass is 16.1. The first-order valence-electron chi connectivity index (χ1n) is 5.83. The van der Waals surface area contributed by atoms with E-state index >= 15 is 0 Å². The van der Waals surface area contributed by atoms with Crippen LogP contribution in [0.2, 0.25) is 0 Å². The largest absolute Gasteiger partial charge is 0.299 e. The summed E-state index contributed by atoms with van der Waals surface area (Å²) in [4.78, 5) is 16.2. The Hall–Kier alpha value is -1.70. The van der Waals surface area contributed by atoms with Crippen LogP contribution in [0.4, 0.5) is 0 Å². The summed E-state index contributed by atoms with van der Waals surface area (Å²) in [7, 11) is 0. The molecule has 0 radical (unpaired) electrons. The molecule has 1 aromatic carbocycles. The van der Waals surface area contributed by atoms with E-state index in [0.717, 1.165) is 16.3 Å². The van der Waals surface area contributed by atoms with Crippen molar-refractivity contribution in [3.63, 3.8) is 0 Å². The SMILES string of the molecule is CC(C)(C)C(=O)Cc1cncc2ccccc12. The Bertz CT molecular complexity index is 547. The van der Waals surface area contributed by atoms with E-state index in [0.29, 0.717) is 6.42 Å². The predicted octanol–water partition coefficient (Wildman–Crippen LogP) is 3.39. The molecule has 0 fully saturated rings. The van der Waals surface area contributed by atoms with Gasteiger partial charge in [-0.15, -0.1) is 0 Å². The van der Waals surface area contributed by atoms with Crippen LogP contribution >= 0.6 is 0 Å². The number of hydrogen-bond acceptors (Lipinski definition) is 2. The Morgan fingerprint density at radius 2 is 1.88 bits per heavy atom. The first kappa shape index (κ1) is 11.8. The lowest BCUT2D eigenvalue weighted by molar-refractivity contribution is -0.125. The molecule has 0 saturated heterocycles. The topological polar surface area (TPSA) is 30.0 Å². The van der Waals surface area contributed by atoms with Gasteiger partial charge in [0, 0.05) is 29.6 Å². The summed E-state index contributed by atoms with van der Waals surface area (Å²) in [5.41, 5.74) is 0.722. The fourth-order valence-corrected chi connectivity index (χ4v) is 1.76. The average molecular weight is 227 g/mol. The lowest BCUT2D eigenvalue weighted by Crippen LogP contribution is -2.22. The average Bonchev–Trinajstić information content (AvgIpc) is 2.28. The number of Topliss-reactive ketones (excluding diaryl/α,β-unsaturated/α-hetero) is 1. The van der Waals surface area contributed by atoms with E-state index < -0.39 is 0 Å². The van der Waals surface area contributed by atoms with E-state index in [1.54, 1.807) is 6.20 Å². The molecule has 2 rings (SSSR count). The molecule has 0 aliphatic rings. The summed E-state index contributed by atoms with van der Waals surface area (Å²) < 4.78 is 0. The Balaban J connectivity index is 2.40. The highest BCUT2D eigenvalue weighted by molar-refractivity contribution is 5.92. The van der Waals surface area contributed by atoms with Gasteiger partial charge in [0.1, 0.15) is 5.78 Å². The molecule has 0 N–H and O–H groups in total. The number of hydrogen-bond donors (Lipinski definition) is 0. The number of rotatable bonds is 2. The van der Waals surface area contributed by atoms with Crippen LogP contribution in [0.15, 0.2) is 36.7 Å². The number of aromatic nitrogens is 1. The summed E-state index contributed by atoms with van der Waals surface area (Å²) in [6.07, 6.45) is 4.09. The summed E-state index contributed by atoms with van der Waals surface area (Å²) >= 11 is 0. The number of carbonyl (C=O) groups is 1. The molecule has 2 nitrogen and oxygen atoms in total. The van der Waals surface area contributed by atoms with Crippen molar-refractivity contribution in [2.75, 3.05) is 0 Å². The molecule has 0 aliphatic carbocycles. The monoisotopic (exact) mass is 227 g/mol. The van der Waals surface area contributed by atoms with Crippen molar-refractivity contribution >= 4 is 16.6 Å². The third-order valence-corrected chi connectivity index (χ3v) is 2.94. The molecule has 2 aromatic rings. The van der Waals surface area contributed by atoms with Gasteiger partial charge in [-0.2, -0.15) is 0 Å². The fourth-order valence-electron chi connectivity index (χ4n) is 1.76. The second kappa shape index (κ2) is 4.28. The van der Waals surface area contributed by atoms with Crippen LogP contribution in [0.5, 0.6) is 0 Å². The molecular formula is C15H17NO. The minimum Gasteiger partial charge on any atom is -0.299 e. The fraction of sp³-hybridized carbons (Fsp3) is 0.333. The van der Waals surface area contributed by atoms with Gasteiger partial charge in [-0.3, -0.25) is 9.78 Å². The molecule has 0 spiro atoms. The van der Waals surface area contributed by atoms with Crippen LogP contribution in [-0.4, -0.2) is 10.8 Å². The smallest absolute Gasteiger partial charge is 0.142 e. The van der Waals surface area contributed by atoms with Crippen molar-refractivity contribution in [1.29, 1.82) is 0 Å². The molecule has 0 saturated carbocycles. The van der Waals surface area contributed by atoms with Crippen LogP contribution < -0.4 is 0 Å². The first-order chi connectivity index (χ1) is 7.98. The maximum Gasteiger partial charge on any atom is 0.142 e. The molecule has 0 amide bonds. The second-order valence-corrected chi connectivity index (χ2v) is 5.37. The van der Waals surface area contributed by atoms with E-state index in [1.165, 1.54) is 0 Å². The van der Waals surface area contributed by atoms with Crippen LogP contribution in [0, 0.1) is 5.41 Å². The zero-order valence-electron chi connectivity index (χ0n) is 10.5. The number of pyridine rings is 1. The van der Waals surface area contributed by atoms with Gasteiger partial charge in [0.2, 0.25) is 0 Å². The van der Waals surface area contributed by atoms with E-state index in [-0.39, 0.29) is 11.2 Å².